The lowest BCUT2D eigenvalue weighted by Gasteiger charge is -2.35. The summed E-state index contributed by atoms with van der Waals surface area (Å²) in [5.41, 5.74) is 2.25. The molecule has 0 aromatic heterocycles. The fourth-order valence-electron chi connectivity index (χ4n) is 4.01. The molecular formula is C24H31FN4O3. The van der Waals surface area contributed by atoms with Crippen molar-refractivity contribution in [3.05, 3.63) is 59.4 Å². The van der Waals surface area contributed by atoms with Gasteiger partial charge in [0.05, 0.1) is 19.3 Å². The zero-order valence-corrected chi connectivity index (χ0v) is 18.5. The maximum absolute atomic E-state index is 13.4. The Morgan fingerprint density at radius 2 is 1.75 bits per heavy atom. The first-order chi connectivity index (χ1) is 15.7. The predicted octanol–water partition coefficient (Wildman–Crippen LogP) is 2.38. The van der Waals surface area contributed by atoms with Gasteiger partial charge >= 0.3 is 0 Å². The number of halogens is 1. The van der Waals surface area contributed by atoms with Crippen molar-refractivity contribution < 1.29 is 18.6 Å². The van der Waals surface area contributed by atoms with Gasteiger partial charge in [-0.1, -0.05) is 18.2 Å². The molecule has 1 unspecified atom stereocenters. The molecule has 1 saturated heterocycles. The molecule has 172 valence electrons. The lowest BCUT2D eigenvalue weighted by atomic mass is 10.0. The molecule has 2 N–H and O–H groups in total. The summed E-state index contributed by atoms with van der Waals surface area (Å²) in [4.78, 5) is 6.73. The topological polar surface area (TPSA) is 67.4 Å². The summed E-state index contributed by atoms with van der Waals surface area (Å²) < 4.78 is 30.2. The first kappa shape index (κ1) is 22.4. The van der Waals surface area contributed by atoms with Gasteiger partial charge in [0.25, 0.3) is 0 Å². The summed E-state index contributed by atoms with van der Waals surface area (Å²) in [6.45, 7) is 5.69. The smallest absolute Gasteiger partial charge is 0.191 e. The fraction of sp³-hybridized carbons (Fsp3) is 0.458. The number of aliphatic imine (C=N–C) groups is 1. The molecule has 8 heteroatoms. The van der Waals surface area contributed by atoms with Gasteiger partial charge < -0.3 is 24.8 Å². The van der Waals surface area contributed by atoms with Crippen molar-refractivity contribution in [1.82, 2.24) is 15.5 Å². The van der Waals surface area contributed by atoms with E-state index in [1.807, 2.05) is 24.3 Å². The normalized spacial score (nSPS) is 17.6. The van der Waals surface area contributed by atoms with Crippen LogP contribution in [0.25, 0.3) is 0 Å². The van der Waals surface area contributed by atoms with Crippen molar-refractivity contribution in [2.24, 2.45) is 4.99 Å². The lowest BCUT2D eigenvalue weighted by molar-refractivity contribution is 0.0170. The zero-order valence-electron chi connectivity index (χ0n) is 18.5. The molecule has 1 fully saturated rings. The van der Waals surface area contributed by atoms with E-state index in [1.165, 1.54) is 17.7 Å². The molecule has 0 aliphatic carbocycles. The van der Waals surface area contributed by atoms with Crippen molar-refractivity contribution >= 4 is 5.96 Å². The van der Waals surface area contributed by atoms with Crippen molar-refractivity contribution in [3.63, 3.8) is 0 Å². The lowest BCUT2D eigenvalue weighted by Crippen LogP contribution is -2.46. The van der Waals surface area contributed by atoms with Crippen LogP contribution < -0.4 is 20.1 Å². The van der Waals surface area contributed by atoms with Gasteiger partial charge in [0.1, 0.15) is 19.0 Å². The van der Waals surface area contributed by atoms with Crippen LogP contribution in [0.4, 0.5) is 4.39 Å². The van der Waals surface area contributed by atoms with E-state index in [0.29, 0.717) is 33.0 Å². The van der Waals surface area contributed by atoms with Crippen LogP contribution in [-0.4, -0.2) is 70.5 Å². The van der Waals surface area contributed by atoms with Crippen LogP contribution in [0.1, 0.15) is 17.2 Å². The van der Waals surface area contributed by atoms with Crippen LogP contribution in [-0.2, 0) is 11.2 Å². The number of fused-ring (bicyclic) bond motifs is 1. The number of ether oxygens (including phenoxy) is 3. The van der Waals surface area contributed by atoms with Crippen LogP contribution in [0, 0.1) is 5.82 Å². The van der Waals surface area contributed by atoms with Gasteiger partial charge in [0, 0.05) is 33.2 Å². The van der Waals surface area contributed by atoms with Gasteiger partial charge in [-0.15, -0.1) is 0 Å². The standard InChI is InChI=1S/C24H31FN4O3/c1-26-24(27-9-8-18-2-7-22-23(16-18)32-15-14-31-22)28-17-21(29-10-12-30-13-11-29)19-3-5-20(25)6-4-19/h2-7,16,21H,8-15,17H2,1H3,(H2,26,27,28). The van der Waals surface area contributed by atoms with Crippen LogP contribution >= 0.6 is 0 Å². The SMILES string of the molecule is CN=C(NCCc1ccc2c(c1)OCCO2)NCC(c1ccc(F)cc1)N1CCOCC1. The highest BCUT2D eigenvalue weighted by Gasteiger charge is 2.23. The van der Waals surface area contributed by atoms with Gasteiger partial charge in [-0.2, -0.15) is 0 Å². The summed E-state index contributed by atoms with van der Waals surface area (Å²) in [6.07, 6.45) is 0.836. The van der Waals surface area contributed by atoms with Crippen molar-refractivity contribution in [1.29, 1.82) is 0 Å². The van der Waals surface area contributed by atoms with E-state index in [0.717, 1.165) is 49.1 Å². The van der Waals surface area contributed by atoms with E-state index in [4.69, 9.17) is 14.2 Å². The monoisotopic (exact) mass is 442 g/mol. The predicted molar refractivity (Wildman–Crippen MR) is 122 cm³/mol. The molecule has 7 nitrogen and oxygen atoms in total. The molecule has 2 aromatic rings. The molecule has 1 atom stereocenters. The minimum Gasteiger partial charge on any atom is -0.486 e. The van der Waals surface area contributed by atoms with Crippen LogP contribution in [0.5, 0.6) is 11.5 Å². The van der Waals surface area contributed by atoms with Gasteiger partial charge in [0.2, 0.25) is 0 Å². The Morgan fingerprint density at radius 3 is 2.50 bits per heavy atom. The average molecular weight is 443 g/mol. The quantitative estimate of drug-likeness (QED) is 0.507. The average Bonchev–Trinajstić information content (AvgIpc) is 2.84. The Labute approximate surface area is 188 Å². The van der Waals surface area contributed by atoms with Gasteiger partial charge in [-0.05, 0) is 41.8 Å². The fourth-order valence-corrected chi connectivity index (χ4v) is 4.01. The molecule has 2 aliphatic heterocycles. The van der Waals surface area contributed by atoms with Crippen molar-refractivity contribution in [2.75, 3.05) is 59.7 Å². The van der Waals surface area contributed by atoms with Crippen LogP contribution in [0.15, 0.2) is 47.5 Å². The summed E-state index contributed by atoms with van der Waals surface area (Å²) >= 11 is 0. The molecule has 0 saturated carbocycles. The third-order valence-corrected chi connectivity index (χ3v) is 5.74. The molecule has 2 aromatic carbocycles. The van der Waals surface area contributed by atoms with E-state index < -0.39 is 0 Å². The third-order valence-electron chi connectivity index (χ3n) is 5.74. The number of hydrogen-bond acceptors (Lipinski definition) is 5. The first-order valence-corrected chi connectivity index (χ1v) is 11.1. The second-order valence-corrected chi connectivity index (χ2v) is 7.82. The van der Waals surface area contributed by atoms with E-state index in [-0.39, 0.29) is 11.9 Å². The van der Waals surface area contributed by atoms with E-state index in [1.54, 1.807) is 7.05 Å². The highest BCUT2D eigenvalue weighted by Crippen LogP contribution is 2.30. The number of benzene rings is 2. The van der Waals surface area contributed by atoms with Crippen LogP contribution in [0.3, 0.4) is 0 Å². The minimum atomic E-state index is -0.223. The number of morpholine rings is 1. The molecular weight excluding hydrogens is 411 g/mol. The number of nitrogens with one attached hydrogen (secondary N) is 2. The zero-order chi connectivity index (χ0) is 22.2. The van der Waals surface area contributed by atoms with E-state index in [2.05, 4.69) is 26.6 Å². The summed E-state index contributed by atoms with van der Waals surface area (Å²) in [5, 5.41) is 6.81. The van der Waals surface area contributed by atoms with E-state index >= 15 is 0 Å². The maximum atomic E-state index is 13.4. The second-order valence-electron chi connectivity index (χ2n) is 7.82. The molecule has 0 radical (unpaired) electrons. The highest BCUT2D eigenvalue weighted by molar-refractivity contribution is 5.79. The maximum Gasteiger partial charge on any atom is 0.191 e. The van der Waals surface area contributed by atoms with Crippen molar-refractivity contribution in [2.45, 2.75) is 12.5 Å². The summed E-state index contributed by atoms with van der Waals surface area (Å²) in [5.74, 6) is 2.13. The molecule has 0 spiro atoms. The van der Waals surface area contributed by atoms with Gasteiger partial charge in [-0.25, -0.2) is 4.39 Å². The number of rotatable bonds is 7. The first-order valence-electron chi connectivity index (χ1n) is 11.1. The third kappa shape index (κ3) is 5.89. The highest BCUT2D eigenvalue weighted by atomic mass is 19.1. The van der Waals surface area contributed by atoms with E-state index in [9.17, 15) is 4.39 Å². The largest absolute Gasteiger partial charge is 0.486 e. The van der Waals surface area contributed by atoms with Crippen LogP contribution in [0.2, 0.25) is 0 Å². The summed E-state index contributed by atoms with van der Waals surface area (Å²) in [7, 11) is 1.76. The Bertz CT molecular complexity index is 901. The molecule has 0 bridgehead atoms. The Morgan fingerprint density at radius 1 is 1.00 bits per heavy atom. The molecule has 2 aliphatic rings. The number of guanidine groups is 1. The molecule has 2 heterocycles. The minimum absolute atomic E-state index is 0.107. The number of nitrogens with zero attached hydrogens (tertiary/aromatic N) is 2. The molecule has 32 heavy (non-hydrogen) atoms. The Kier molecular flexibility index (Phi) is 7.79. The number of hydrogen-bond donors (Lipinski definition) is 2. The Hall–Kier alpha value is -2.84. The summed E-state index contributed by atoms with van der Waals surface area (Å²) in [6, 6.07) is 12.9. The van der Waals surface area contributed by atoms with Crippen molar-refractivity contribution in [3.8, 4) is 11.5 Å². The molecule has 4 rings (SSSR count). The van der Waals surface area contributed by atoms with Gasteiger partial charge in [0.15, 0.2) is 17.5 Å². The second kappa shape index (κ2) is 11.2. The molecule has 0 amide bonds. The Balaban J connectivity index is 1.32. The van der Waals surface area contributed by atoms with Gasteiger partial charge in [-0.3, -0.25) is 9.89 Å².